The molecule has 2 heterocycles. The molecule has 4 rings (SSSR count). The molecular weight excluding hydrogens is 429 g/mol. The number of halogens is 3. The normalized spacial score (nSPS) is 15.5. The van der Waals surface area contributed by atoms with Crippen molar-refractivity contribution in [1.29, 1.82) is 0 Å². The zero-order chi connectivity index (χ0) is 22.2. The van der Waals surface area contributed by atoms with Crippen molar-refractivity contribution in [3.05, 3.63) is 59.7 Å². The fourth-order valence-corrected chi connectivity index (χ4v) is 3.80. The first kappa shape index (κ1) is 21.1. The van der Waals surface area contributed by atoms with Crippen molar-refractivity contribution in [3.8, 4) is 17.1 Å². The van der Waals surface area contributed by atoms with Gasteiger partial charge in [0, 0.05) is 18.1 Å². The van der Waals surface area contributed by atoms with Crippen molar-refractivity contribution in [3.63, 3.8) is 0 Å². The zero-order valence-electron chi connectivity index (χ0n) is 16.6. The van der Waals surface area contributed by atoms with Crippen LogP contribution in [-0.4, -0.2) is 26.8 Å². The molecule has 0 saturated heterocycles. The quantitative estimate of drug-likeness (QED) is 0.521. The Hall–Kier alpha value is -3.14. The van der Waals surface area contributed by atoms with Crippen LogP contribution in [0.2, 0.25) is 0 Å². The Balaban J connectivity index is 1.88. The molecule has 1 aliphatic rings. The van der Waals surface area contributed by atoms with Gasteiger partial charge >= 0.3 is 6.18 Å². The summed E-state index contributed by atoms with van der Waals surface area (Å²) in [5, 5.41) is 8.79. The summed E-state index contributed by atoms with van der Waals surface area (Å²) in [6.45, 7) is 3.31. The summed E-state index contributed by atoms with van der Waals surface area (Å²) < 4.78 is 45.2. The number of hydrogen-bond donors (Lipinski definition) is 0. The van der Waals surface area contributed by atoms with Crippen LogP contribution in [0.3, 0.4) is 0 Å². The van der Waals surface area contributed by atoms with Crippen LogP contribution in [0.5, 0.6) is 5.88 Å². The van der Waals surface area contributed by atoms with E-state index in [4.69, 9.17) is 4.74 Å². The minimum atomic E-state index is -4.47. The summed E-state index contributed by atoms with van der Waals surface area (Å²) in [5.74, 6) is 0.534. The molecule has 0 N–H and O–H groups in total. The van der Waals surface area contributed by atoms with Gasteiger partial charge in [0.2, 0.25) is 23.2 Å². The number of anilines is 1. The van der Waals surface area contributed by atoms with E-state index in [1.165, 1.54) is 35.7 Å². The summed E-state index contributed by atoms with van der Waals surface area (Å²) in [7, 11) is 0. The molecule has 1 atom stereocenters. The third-order valence-corrected chi connectivity index (χ3v) is 5.37. The molecule has 1 aromatic heterocycles. The van der Waals surface area contributed by atoms with E-state index in [-0.39, 0.29) is 11.8 Å². The van der Waals surface area contributed by atoms with E-state index >= 15 is 0 Å². The molecule has 31 heavy (non-hydrogen) atoms. The van der Waals surface area contributed by atoms with Gasteiger partial charge in [0.15, 0.2) is 5.69 Å². The summed E-state index contributed by atoms with van der Waals surface area (Å²) in [6, 6.07) is 11.6. The molecule has 0 aliphatic carbocycles. The van der Waals surface area contributed by atoms with Crippen LogP contribution in [0, 0.1) is 0 Å². The number of benzene rings is 2. The smallest absolute Gasteiger partial charge is 0.416 e. The third kappa shape index (κ3) is 4.07. The van der Waals surface area contributed by atoms with Gasteiger partial charge in [0.25, 0.3) is 0 Å². The second kappa shape index (κ2) is 8.18. The van der Waals surface area contributed by atoms with Crippen LogP contribution >= 0.6 is 11.8 Å². The van der Waals surface area contributed by atoms with Crippen molar-refractivity contribution in [1.82, 2.24) is 15.2 Å². The molecule has 10 heteroatoms. The number of para-hydroxylation sites is 1. The van der Waals surface area contributed by atoms with Crippen molar-refractivity contribution in [2.75, 3.05) is 10.7 Å². The molecule has 1 aliphatic heterocycles. The SMILES string of the molecule is CCSc1nnc2c(n1)OC(c1ccc(C(F)(F)F)cc1)N(C(C)=O)c1ccccc1-2. The number of carbonyl (C=O) groups excluding carboxylic acids is 1. The Labute approximate surface area is 180 Å². The second-order valence-corrected chi connectivity index (χ2v) is 7.91. The number of carbonyl (C=O) groups is 1. The Morgan fingerprint density at radius 2 is 1.84 bits per heavy atom. The number of amides is 1. The van der Waals surface area contributed by atoms with E-state index in [2.05, 4.69) is 15.2 Å². The van der Waals surface area contributed by atoms with Crippen LogP contribution in [-0.2, 0) is 11.0 Å². The van der Waals surface area contributed by atoms with Crippen molar-refractivity contribution < 1.29 is 22.7 Å². The zero-order valence-corrected chi connectivity index (χ0v) is 17.4. The lowest BCUT2D eigenvalue weighted by molar-refractivity contribution is -0.137. The molecule has 2 aromatic carbocycles. The molecule has 6 nitrogen and oxygen atoms in total. The molecule has 0 saturated carbocycles. The Morgan fingerprint density at radius 3 is 2.48 bits per heavy atom. The van der Waals surface area contributed by atoms with Crippen molar-refractivity contribution in [2.24, 2.45) is 0 Å². The van der Waals surface area contributed by atoms with Gasteiger partial charge in [-0.15, -0.1) is 10.2 Å². The van der Waals surface area contributed by atoms with Gasteiger partial charge in [-0.3, -0.25) is 9.69 Å². The summed E-state index contributed by atoms with van der Waals surface area (Å²) in [4.78, 5) is 18.5. The standard InChI is InChI=1S/C21H17F3N4O2S/c1-3-31-20-25-18-17(26-27-20)15-6-4-5-7-16(15)28(12(2)29)19(30-18)13-8-10-14(11-9-13)21(22,23)24/h4-11,19H,3H2,1-2H3. The van der Waals surface area contributed by atoms with Crippen LogP contribution in [0.1, 0.15) is 31.2 Å². The van der Waals surface area contributed by atoms with Gasteiger partial charge < -0.3 is 4.74 Å². The molecule has 0 spiro atoms. The number of thioether (sulfide) groups is 1. The summed E-state index contributed by atoms with van der Waals surface area (Å²) in [5.41, 5.74) is 1.04. The number of nitrogens with zero attached hydrogens (tertiary/aromatic N) is 4. The van der Waals surface area contributed by atoms with Gasteiger partial charge in [0.05, 0.1) is 11.3 Å². The highest BCUT2D eigenvalue weighted by molar-refractivity contribution is 7.99. The molecule has 0 fully saturated rings. The Bertz CT molecular complexity index is 1120. The van der Waals surface area contributed by atoms with E-state index in [1.807, 2.05) is 6.92 Å². The molecule has 0 radical (unpaired) electrons. The van der Waals surface area contributed by atoms with E-state index < -0.39 is 18.0 Å². The molecular formula is C21H17F3N4O2S. The van der Waals surface area contributed by atoms with Crippen LogP contribution < -0.4 is 9.64 Å². The lowest BCUT2D eigenvalue weighted by atomic mass is 10.1. The fourth-order valence-electron chi connectivity index (χ4n) is 3.30. The number of hydrogen-bond acceptors (Lipinski definition) is 6. The van der Waals surface area contributed by atoms with Crippen molar-refractivity contribution >= 4 is 23.4 Å². The number of rotatable bonds is 3. The Morgan fingerprint density at radius 1 is 1.13 bits per heavy atom. The van der Waals surface area contributed by atoms with Crippen molar-refractivity contribution in [2.45, 2.75) is 31.4 Å². The topological polar surface area (TPSA) is 68.2 Å². The highest BCUT2D eigenvalue weighted by Gasteiger charge is 2.35. The van der Waals surface area contributed by atoms with E-state index in [1.54, 1.807) is 24.3 Å². The largest absolute Gasteiger partial charge is 0.447 e. The van der Waals surface area contributed by atoms with Gasteiger partial charge in [0.1, 0.15) is 0 Å². The highest BCUT2D eigenvalue weighted by Crippen LogP contribution is 2.43. The predicted octanol–water partition coefficient (Wildman–Crippen LogP) is 5.11. The summed E-state index contributed by atoms with van der Waals surface area (Å²) in [6.07, 6.45) is -5.50. The number of aromatic nitrogens is 3. The lowest BCUT2D eigenvalue weighted by Crippen LogP contribution is -2.36. The van der Waals surface area contributed by atoms with Crippen LogP contribution in [0.25, 0.3) is 11.3 Å². The predicted molar refractivity (Wildman–Crippen MR) is 110 cm³/mol. The first-order chi connectivity index (χ1) is 14.8. The first-order valence-corrected chi connectivity index (χ1v) is 10.4. The second-order valence-electron chi connectivity index (χ2n) is 6.68. The number of fused-ring (bicyclic) bond motifs is 3. The Kier molecular flexibility index (Phi) is 5.57. The minimum absolute atomic E-state index is 0.159. The highest BCUT2D eigenvalue weighted by atomic mass is 32.2. The van der Waals surface area contributed by atoms with Gasteiger partial charge in [-0.2, -0.15) is 18.2 Å². The average Bonchev–Trinajstić information content (AvgIpc) is 2.88. The van der Waals surface area contributed by atoms with Crippen LogP contribution in [0.15, 0.2) is 53.7 Å². The lowest BCUT2D eigenvalue weighted by Gasteiger charge is -2.30. The summed E-state index contributed by atoms with van der Waals surface area (Å²) >= 11 is 1.37. The molecule has 0 bridgehead atoms. The minimum Gasteiger partial charge on any atom is -0.447 e. The van der Waals surface area contributed by atoms with Gasteiger partial charge in [-0.05, 0) is 24.0 Å². The maximum Gasteiger partial charge on any atom is 0.416 e. The molecule has 1 amide bonds. The fraction of sp³-hybridized carbons (Fsp3) is 0.238. The number of ether oxygens (including phenoxy) is 1. The average molecular weight is 446 g/mol. The first-order valence-electron chi connectivity index (χ1n) is 9.40. The van der Waals surface area contributed by atoms with Gasteiger partial charge in [-0.25, -0.2) is 0 Å². The molecule has 160 valence electrons. The van der Waals surface area contributed by atoms with E-state index in [9.17, 15) is 18.0 Å². The number of alkyl halides is 3. The molecule has 3 aromatic rings. The van der Waals surface area contributed by atoms with Gasteiger partial charge in [-0.1, -0.05) is 49.0 Å². The maximum absolute atomic E-state index is 13.0. The van der Waals surface area contributed by atoms with E-state index in [0.717, 1.165) is 17.9 Å². The third-order valence-electron chi connectivity index (χ3n) is 4.65. The van der Waals surface area contributed by atoms with E-state index in [0.29, 0.717) is 27.7 Å². The molecule has 1 unspecified atom stereocenters. The monoisotopic (exact) mass is 446 g/mol. The van der Waals surface area contributed by atoms with Crippen LogP contribution in [0.4, 0.5) is 18.9 Å². The maximum atomic E-state index is 13.0.